The van der Waals surface area contributed by atoms with Crippen LogP contribution in [0, 0.1) is 0 Å². The Hall–Kier alpha value is -0.380. The Labute approximate surface area is 73.2 Å². The van der Waals surface area contributed by atoms with Gasteiger partial charge in [-0.15, -0.1) is 0 Å². The predicted molar refractivity (Wildman–Crippen MR) is 42.5 cm³/mol. The van der Waals surface area contributed by atoms with Crippen LogP contribution in [0.3, 0.4) is 0 Å². The fourth-order valence-electron chi connectivity index (χ4n) is 1.21. The first-order valence-electron chi connectivity index (χ1n) is 3.42. The number of carbonyl (C=O) groups excluding carboxylic acids is 2. The van der Waals surface area contributed by atoms with E-state index in [1.807, 2.05) is 0 Å². The van der Waals surface area contributed by atoms with Gasteiger partial charge in [0.2, 0.25) is 0 Å². The number of esters is 1. The summed E-state index contributed by atoms with van der Waals surface area (Å²) in [6, 6.07) is 0. The van der Waals surface area contributed by atoms with E-state index in [-0.39, 0.29) is 5.78 Å². The standard InChI is InChI=1S/C7H9BrO3/c1-11-6(10)7(8)4-2-3-5(7)9/h2-4H2,1H3. The zero-order chi connectivity index (χ0) is 8.48. The molecule has 1 saturated carbocycles. The van der Waals surface area contributed by atoms with Gasteiger partial charge in [-0.3, -0.25) is 9.59 Å². The summed E-state index contributed by atoms with van der Waals surface area (Å²) in [7, 11) is 1.29. The molecule has 0 saturated heterocycles. The van der Waals surface area contributed by atoms with Crippen LogP contribution in [0.4, 0.5) is 0 Å². The van der Waals surface area contributed by atoms with Gasteiger partial charge in [0.15, 0.2) is 10.1 Å². The van der Waals surface area contributed by atoms with Crippen LogP contribution in [0.15, 0.2) is 0 Å². The molecule has 1 fully saturated rings. The monoisotopic (exact) mass is 220 g/mol. The molecule has 1 unspecified atom stereocenters. The minimum Gasteiger partial charge on any atom is -0.468 e. The summed E-state index contributed by atoms with van der Waals surface area (Å²) in [5, 5.41) is 0. The third kappa shape index (κ3) is 1.31. The Morgan fingerprint density at radius 1 is 1.73 bits per heavy atom. The predicted octanol–water partition coefficient (Wildman–Crippen LogP) is 1.05. The van der Waals surface area contributed by atoms with Gasteiger partial charge in [0.1, 0.15) is 0 Å². The second-order valence-corrected chi connectivity index (χ2v) is 3.92. The van der Waals surface area contributed by atoms with Crippen molar-refractivity contribution >= 4 is 27.7 Å². The molecule has 0 heterocycles. The second-order valence-electron chi connectivity index (χ2n) is 2.57. The highest BCUT2D eigenvalue weighted by atomic mass is 79.9. The fraction of sp³-hybridized carbons (Fsp3) is 0.714. The van der Waals surface area contributed by atoms with E-state index in [0.717, 1.165) is 6.42 Å². The summed E-state index contributed by atoms with van der Waals surface area (Å²) in [6.07, 6.45) is 1.79. The molecule has 0 aliphatic heterocycles. The molecule has 1 aliphatic rings. The van der Waals surface area contributed by atoms with Crippen molar-refractivity contribution < 1.29 is 14.3 Å². The van der Waals surface area contributed by atoms with Crippen LogP contribution in [0.1, 0.15) is 19.3 Å². The first-order chi connectivity index (χ1) is 5.11. The van der Waals surface area contributed by atoms with Crippen LogP contribution in [0.25, 0.3) is 0 Å². The zero-order valence-corrected chi connectivity index (χ0v) is 7.81. The Bertz CT molecular complexity index is 202. The lowest BCUT2D eigenvalue weighted by Crippen LogP contribution is -2.37. The highest BCUT2D eigenvalue weighted by molar-refractivity contribution is 9.10. The summed E-state index contributed by atoms with van der Waals surface area (Å²) in [6.45, 7) is 0. The quantitative estimate of drug-likeness (QED) is 0.377. The average Bonchev–Trinajstić information content (AvgIpc) is 2.32. The van der Waals surface area contributed by atoms with Crippen molar-refractivity contribution in [3.63, 3.8) is 0 Å². The van der Waals surface area contributed by atoms with Gasteiger partial charge in [-0.05, 0) is 12.8 Å². The largest absolute Gasteiger partial charge is 0.468 e. The highest BCUT2D eigenvalue weighted by Gasteiger charge is 2.47. The van der Waals surface area contributed by atoms with Crippen LogP contribution < -0.4 is 0 Å². The molecular weight excluding hydrogens is 212 g/mol. The first kappa shape index (κ1) is 8.71. The van der Waals surface area contributed by atoms with E-state index in [2.05, 4.69) is 20.7 Å². The molecule has 4 heteroatoms. The van der Waals surface area contributed by atoms with E-state index in [1.54, 1.807) is 0 Å². The van der Waals surface area contributed by atoms with E-state index in [9.17, 15) is 9.59 Å². The Morgan fingerprint density at radius 2 is 2.36 bits per heavy atom. The van der Waals surface area contributed by atoms with Gasteiger partial charge in [-0.2, -0.15) is 0 Å². The van der Waals surface area contributed by atoms with Crippen LogP contribution >= 0.6 is 15.9 Å². The number of hydrogen-bond acceptors (Lipinski definition) is 3. The number of hydrogen-bond donors (Lipinski definition) is 0. The van der Waals surface area contributed by atoms with Gasteiger partial charge < -0.3 is 4.74 Å². The zero-order valence-electron chi connectivity index (χ0n) is 6.22. The van der Waals surface area contributed by atoms with Gasteiger partial charge >= 0.3 is 5.97 Å². The van der Waals surface area contributed by atoms with Gasteiger partial charge in [0.05, 0.1) is 7.11 Å². The summed E-state index contributed by atoms with van der Waals surface area (Å²) in [4.78, 5) is 22.2. The number of halogens is 1. The molecule has 62 valence electrons. The van der Waals surface area contributed by atoms with Crippen molar-refractivity contribution in [2.24, 2.45) is 0 Å². The molecule has 1 aliphatic carbocycles. The Kier molecular flexibility index (Phi) is 2.32. The number of carbonyl (C=O) groups is 2. The SMILES string of the molecule is COC(=O)C1(Br)CCCC1=O. The van der Waals surface area contributed by atoms with Crippen molar-refractivity contribution in [3.05, 3.63) is 0 Å². The van der Waals surface area contributed by atoms with Crippen LogP contribution in [0.2, 0.25) is 0 Å². The highest BCUT2D eigenvalue weighted by Crippen LogP contribution is 2.35. The second kappa shape index (κ2) is 2.93. The molecule has 0 spiro atoms. The lowest BCUT2D eigenvalue weighted by Gasteiger charge is -2.15. The van der Waals surface area contributed by atoms with Gasteiger partial charge in [0.25, 0.3) is 0 Å². The molecule has 1 atom stereocenters. The molecular formula is C7H9BrO3. The third-order valence-electron chi connectivity index (χ3n) is 1.88. The maximum absolute atomic E-state index is 11.1. The molecule has 11 heavy (non-hydrogen) atoms. The molecule has 1 rings (SSSR count). The molecule has 0 bridgehead atoms. The lowest BCUT2D eigenvalue weighted by molar-refractivity contribution is -0.145. The normalized spacial score (nSPS) is 30.5. The maximum atomic E-state index is 11.1. The summed E-state index contributed by atoms with van der Waals surface area (Å²) in [5.74, 6) is -0.538. The van der Waals surface area contributed by atoms with Crippen molar-refractivity contribution in [1.82, 2.24) is 0 Å². The minimum atomic E-state index is -1.03. The smallest absolute Gasteiger partial charge is 0.330 e. The van der Waals surface area contributed by atoms with Crippen molar-refractivity contribution in [2.45, 2.75) is 23.6 Å². The van der Waals surface area contributed by atoms with Gasteiger partial charge in [0, 0.05) is 6.42 Å². The third-order valence-corrected chi connectivity index (χ3v) is 3.04. The Balaban J connectivity index is 2.80. The molecule has 0 N–H and O–H groups in total. The molecule has 3 nitrogen and oxygen atoms in total. The molecule has 0 aromatic carbocycles. The van der Waals surface area contributed by atoms with E-state index >= 15 is 0 Å². The molecule has 0 radical (unpaired) electrons. The molecule has 0 aromatic heterocycles. The number of ether oxygens (including phenoxy) is 1. The van der Waals surface area contributed by atoms with Crippen LogP contribution in [-0.2, 0) is 14.3 Å². The van der Waals surface area contributed by atoms with Crippen molar-refractivity contribution in [1.29, 1.82) is 0 Å². The van der Waals surface area contributed by atoms with Crippen LogP contribution in [0.5, 0.6) is 0 Å². The first-order valence-corrected chi connectivity index (χ1v) is 4.21. The van der Waals surface area contributed by atoms with Crippen molar-refractivity contribution in [3.8, 4) is 0 Å². The summed E-state index contributed by atoms with van der Waals surface area (Å²) < 4.78 is 3.47. The van der Waals surface area contributed by atoms with E-state index in [1.165, 1.54) is 7.11 Å². The number of ketones is 1. The summed E-state index contributed by atoms with van der Waals surface area (Å²) >= 11 is 3.11. The topological polar surface area (TPSA) is 43.4 Å². The van der Waals surface area contributed by atoms with E-state index < -0.39 is 10.3 Å². The molecule has 0 amide bonds. The van der Waals surface area contributed by atoms with Crippen molar-refractivity contribution in [2.75, 3.05) is 7.11 Å². The minimum absolute atomic E-state index is 0.0654. The molecule has 0 aromatic rings. The number of methoxy groups -OCH3 is 1. The number of rotatable bonds is 1. The number of Topliss-reactive ketones (excluding diaryl/α,β-unsaturated/α-hetero) is 1. The fourth-order valence-corrected chi connectivity index (χ4v) is 1.85. The van der Waals surface area contributed by atoms with Crippen LogP contribution in [-0.4, -0.2) is 23.2 Å². The van der Waals surface area contributed by atoms with E-state index in [4.69, 9.17) is 0 Å². The van der Waals surface area contributed by atoms with E-state index in [0.29, 0.717) is 12.8 Å². The lowest BCUT2D eigenvalue weighted by atomic mass is 10.1. The van der Waals surface area contributed by atoms with Gasteiger partial charge in [-0.25, -0.2) is 0 Å². The maximum Gasteiger partial charge on any atom is 0.330 e. The Morgan fingerprint density at radius 3 is 2.73 bits per heavy atom. The van der Waals surface area contributed by atoms with Gasteiger partial charge in [-0.1, -0.05) is 15.9 Å². The average molecular weight is 221 g/mol. The summed E-state index contributed by atoms with van der Waals surface area (Å²) in [5.41, 5.74) is 0. The number of alkyl halides is 1.